The zero-order valence-corrected chi connectivity index (χ0v) is 12.3. The molecule has 0 bridgehead atoms. The minimum Gasteiger partial charge on any atom is -0.253 e. The zero-order chi connectivity index (χ0) is 13.2. The second-order valence-corrected chi connectivity index (χ2v) is 11.2. The summed E-state index contributed by atoms with van der Waals surface area (Å²) in [7, 11) is -1.34. The molecule has 0 aliphatic rings. The lowest BCUT2D eigenvalue weighted by molar-refractivity contribution is 0.889. The number of aromatic nitrogens is 1. The van der Waals surface area contributed by atoms with Crippen molar-refractivity contribution >= 4 is 19.0 Å². The molecule has 0 aliphatic carbocycles. The Hall–Kier alpha value is -1.59. The van der Waals surface area contributed by atoms with Crippen molar-refractivity contribution in [3.63, 3.8) is 0 Å². The van der Waals surface area contributed by atoms with Crippen LogP contribution >= 0.6 is 0 Å². The highest BCUT2D eigenvalue weighted by Gasteiger charge is 2.28. The van der Waals surface area contributed by atoms with E-state index in [4.69, 9.17) is 11.4 Å². The van der Waals surface area contributed by atoms with E-state index >= 15 is 0 Å². The average Bonchev–Trinajstić information content (AvgIpc) is 2.34. The summed E-state index contributed by atoms with van der Waals surface area (Å²) in [5.74, 6) is 2.82. The van der Waals surface area contributed by atoms with E-state index in [0.29, 0.717) is 5.54 Å². The third kappa shape index (κ3) is 2.63. The lowest BCUT2D eigenvalue weighted by Gasteiger charge is -2.27. The van der Waals surface area contributed by atoms with Crippen molar-refractivity contribution in [2.24, 2.45) is 0 Å². The molecule has 0 saturated heterocycles. The zero-order valence-electron chi connectivity index (χ0n) is 11.3. The largest absolute Gasteiger partial charge is 0.253 e. The van der Waals surface area contributed by atoms with Gasteiger partial charge in [0.2, 0.25) is 0 Å². The summed E-state index contributed by atoms with van der Waals surface area (Å²) in [6.45, 7) is 7.06. The fourth-order valence-electron chi connectivity index (χ4n) is 2.25. The van der Waals surface area contributed by atoms with E-state index in [1.165, 1.54) is 5.39 Å². The van der Waals surface area contributed by atoms with Crippen LogP contribution in [0.25, 0.3) is 10.9 Å². The topological polar surface area (TPSA) is 12.9 Å². The SMILES string of the molecule is C#CCC(c1ccc2ccccc2n1)[Si](C)(C)C. The molecular weight excluding hydrogens is 234 g/mol. The number of hydrogen-bond donors (Lipinski definition) is 0. The van der Waals surface area contributed by atoms with Gasteiger partial charge < -0.3 is 0 Å². The Balaban J connectivity index is 2.48. The fourth-order valence-corrected chi connectivity index (χ4v) is 4.03. The van der Waals surface area contributed by atoms with Crippen molar-refractivity contribution < 1.29 is 0 Å². The van der Waals surface area contributed by atoms with Crippen LogP contribution in [-0.2, 0) is 0 Å². The summed E-state index contributed by atoms with van der Waals surface area (Å²) in [4.78, 5) is 4.80. The second-order valence-electron chi connectivity index (χ2n) is 5.76. The van der Waals surface area contributed by atoms with Gasteiger partial charge in [0.05, 0.1) is 13.6 Å². The monoisotopic (exact) mass is 253 g/mol. The lowest BCUT2D eigenvalue weighted by Crippen LogP contribution is -2.31. The van der Waals surface area contributed by atoms with Crippen LogP contribution in [0.15, 0.2) is 36.4 Å². The van der Waals surface area contributed by atoms with Gasteiger partial charge in [-0.3, -0.25) is 4.98 Å². The molecule has 2 rings (SSSR count). The molecule has 0 radical (unpaired) electrons. The summed E-state index contributed by atoms with van der Waals surface area (Å²) in [6.07, 6.45) is 6.31. The van der Waals surface area contributed by atoms with E-state index in [1.54, 1.807) is 0 Å². The molecule has 2 aromatic rings. The number of para-hydroxylation sites is 1. The maximum Gasteiger partial charge on any atom is 0.0705 e. The highest BCUT2D eigenvalue weighted by molar-refractivity contribution is 6.77. The van der Waals surface area contributed by atoms with Gasteiger partial charge >= 0.3 is 0 Å². The molecule has 0 spiro atoms. The van der Waals surface area contributed by atoms with Gasteiger partial charge in [-0.05, 0) is 12.1 Å². The fraction of sp³-hybridized carbons (Fsp3) is 0.312. The predicted octanol–water partition coefficient (Wildman–Crippen LogP) is 4.22. The first-order chi connectivity index (χ1) is 8.52. The van der Waals surface area contributed by atoms with Crippen molar-refractivity contribution in [2.45, 2.75) is 31.6 Å². The van der Waals surface area contributed by atoms with E-state index in [0.717, 1.165) is 17.6 Å². The van der Waals surface area contributed by atoms with E-state index < -0.39 is 8.07 Å². The van der Waals surface area contributed by atoms with Crippen LogP contribution in [0.3, 0.4) is 0 Å². The number of benzene rings is 1. The van der Waals surface area contributed by atoms with E-state index in [9.17, 15) is 0 Å². The van der Waals surface area contributed by atoms with Crippen molar-refractivity contribution in [1.29, 1.82) is 0 Å². The van der Waals surface area contributed by atoms with Gasteiger partial charge in [0.15, 0.2) is 0 Å². The summed E-state index contributed by atoms with van der Waals surface area (Å²) in [6, 6.07) is 12.5. The van der Waals surface area contributed by atoms with E-state index in [-0.39, 0.29) is 0 Å². The minimum atomic E-state index is -1.34. The number of nitrogens with zero attached hydrogens (tertiary/aromatic N) is 1. The maximum absolute atomic E-state index is 5.52. The summed E-state index contributed by atoms with van der Waals surface area (Å²) < 4.78 is 0. The van der Waals surface area contributed by atoms with Crippen LogP contribution in [0.2, 0.25) is 19.6 Å². The highest BCUT2D eigenvalue weighted by Crippen LogP contribution is 2.29. The quantitative estimate of drug-likeness (QED) is 0.589. The normalized spacial score (nSPS) is 13.2. The Bertz CT molecular complexity index is 590. The van der Waals surface area contributed by atoms with Crippen LogP contribution in [0.5, 0.6) is 0 Å². The van der Waals surface area contributed by atoms with Gasteiger partial charge in [0.25, 0.3) is 0 Å². The molecule has 92 valence electrons. The smallest absolute Gasteiger partial charge is 0.0705 e. The van der Waals surface area contributed by atoms with Gasteiger partial charge in [-0.2, -0.15) is 0 Å². The Morgan fingerprint density at radius 2 is 1.89 bits per heavy atom. The van der Waals surface area contributed by atoms with Crippen molar-refractivity contribution in [3.05, 3.63) is 42.1 Å². The molecule has 0 amide bonds. The van der Waals surface area contributed by atoms with Gasteiger partial charge in [0.1, 0.15) is 0 Å². The van der Waals surface area contributed by atoms with Crippen molar-refractivity contribution in [3.8, 4) is 12.3 Å². The molecule has 1 heterocycles. The first kappa shape index (κ1) is 12.9. The Kier molecular flexibility index (Phi) is 3.54. The molecule has 1 unspecified atom stereocenters. The first-order valence-corrected chi connectivity index (χ1v) is 9.89. The number of pyridine rings is 1. The Labute approximate surface area is 110 Å². The first-order valence-electron chi connectivity index (χ1n) is 6.31. The number of hydrogen-bond acceptors (Lipinski definition) is 1. The molecular formula is C16H19NSi. The molecule has 1 aromatic heterocycles. The van der Waals surface area contributed by atoms with Gasteiger partial charge in [-0.15, -0.1) is 12.3 Å². The summed E-state index contributed by atoms with van der Waals surface area (Å²) in [5.41, 5.74) is 2.66. The Morgan fingerprint density at radius 3 is 2.56 bits per heavy atom. The minimum absolute atomic E-state index is 0.437. The standard InChI is InChI=1S/C16H19NSi/c1-5-8-16(18(2,3)4)15-12-11-13-9-6-7-10-14(13)17-15/h1,6-7,9-12,16H,8H2,2-4H3. The van der Waals surface area contributed by atoms with Crippen LogP contribution in [0.4, 0.5) is 0 Å². The molecule has 0 aliphatic heterocycles. The van der Waals surface area contributed by atoms with Crippen LogP contribution in [0, 0.1) is 12.3 Å². The van der Waals surface area contributed by atoms with E-state index in [2.05, 4.69) is 49.8 Å². The molecule has 0 N–H and O–H groups in total. The molecule has 1 aromatic carbocycles. The van der Waals surface area contributed by atoms with Crippen LogP contribution in [0.1, 0.15) is 17.7 Å². The number of terminal acetylenes is 1. The molecule has 1 atom stereocenters. The third-order valence-corrected chi connectivity index (χ3v) is 5.94. The van der Waals surface area contributed by atoms with E-state index in [1.807, 2.05) is 12.1 Å². The molecule has 0 saturated carbocycles. The number of fused-ring (bicyclic) bond motifs is 1. The predicted molar refractivity (Wildman–Crippen MR) is 81.3 cm³/mol. The second kappa shape index (κ2) is 4.95. The maximum atomic E-state index is 5.52. The van der Waals surface area contributed by atoms with Gasteiger partial charge in [0, 0.05) is 23.0 Å². The van der Waals surface area contributed by atoms with Gasteiger partial charge in [-0.1, -0.05) is 43.9 Å². The lowest BCUT2D eigenvalue weighted by atomic mass is 10.1. The molecule has 1 nitrogen and oxygen atoms in total. The molecule has 2 heteroatoms. The molecule has 18 heavy (non-hydrogen) atoms. The Morgan fingerprint density at radius 1 is 1.17 bits per heavy atom. The average molecular weight is 253 g/mol. The van der Waals surface area contributed by atoms with Crippen molar-refractivity contribution in [2.75, 3.05) is 0 Å². The number of rotatable bonds is 3. The third-order valence-electron chi connectivity index (χ3n) is 3.34. The summed E-state index contributed by atoms with van der Waals surface area (Å²) >= 11 is 0. The summed E-state index contributed by atoms with van der Waals surface area (Å²) in [5, 5.41) is 1.19. The van der Waals surface area contributed by atoms with Crippen LogP contribution < -0.4 is 0 Å². The van der Waals surface area contributed by atoms with Crippen LogP contribution in [-0.4, -0.2) is 13.1 Å². The van der Waals surface area contributed by atoms with Crippen molar-refractivity contribution in [1.82, 2.24) is 4.98 Å². The molecule has 0 fully saturated rings. The highest BCUT2D eigenvalue weighted by atomic mass is 28.3. The van der Waals surface area contributed by atoms with Gasteiger partial charge in [-0.25, -0.2) is 0 Å².